The Morgan fingerprint density at radius 2 is 1.97 bits per heavy atom. The molecule has 2 atom stereocenters. The summed E-state index contributed by atoms with van der Waals surface area (Å²) in [5, 5.41) is 13.9. The summed E-state index contributed by atoms with van der Waals surface area (Å²) in [5.41, 5.74) is -2.36. The molecule has 3 heterocycles. The molecular formula is C21H20F4N4O4. The van der Waals surface area contributed by atoms with Crippen LogP contribution in [0.4, 0.5) is 17.6 Å². The van der Waals surface area contributed by atoms with Crippen molar-refractivity contribution in [3.63, 3.8) is 0 Å². The molecule has 1 aromatic carbocycles. The van der Waals surface area contributed by atoms with Crippen LogP contribution in [-0.4, -0.2) is 51.7 Å². The van der Waals surface area contributed by atoms with E-state index in [9.17, 15) is 37.1 Å². The van der Waals surface area contributed by atoms with E-state index in [1.807, 2.05) is 0 Å². The van der Waals surface area contributed by atoms with Gasteiger partial charge < -0.3 is 15.3 Å². The summed E-state index contributed by atoms with van der Waals surface area (Å²) >= 11 is 0. The SMILES string of the molecule is CC1CCC(C(F)F)N2CN1C(=O)c1c(O)c(=O)c(C(=O)NCc3ccc(F)cc3F)cn12. The number of hydrogen-bond acceptors (Lipinski definition) is 5. The maximum atomic E-state index is 13.8. The minimum absolute atomic E-state index is 0.0420. The van der Waals surface area contributed by atoms with E-state index in [0.29, 0.717) is 6.07 Å². The number of carbonyl (C=O) groups excluding carboxylic acids is 2. The number of rotatable bonds is 4. The number of fused-ring (bicyclic) bond motifs is 4. The number of amides is 2. The fourth-order valence-electron chi connectivity index (χ4n) is 4.09. The van der Waals surface area contributed by atoms with E-state index in [0.717, 1.165) is 28.0 Å². The molecule has 2 bridgehead atoms. The van der Waals surface area contributed by atoms with Crippen molar-refractivity contribution in [2.24, 2.45) is 0 Å². The number of carbonyl (C=O) groups is 2. The van der Waals surface area contributed by atoms with Crippen molar-refractivity contribution in [1.29, 1.82) is 0 Å². The monoisotopic (exact) mass is 468 g/mol. The lowest BCUT2D eigenvalue weighted by Crippen LogP contribution is -2.59. The zero-order chi connectivity index (χ0) is 24.0. The van der Waals surface area contributed by atoms with Crippen LogP contribution in [0.2, 0.25) is 0 Å². The van der Waals surface area contributed by atoms with Gasteiger partial charge in [-0.3, -0.25) is 24.1 Å². The molecule has 2 N–H and O–H groups in total. The lowest BCUT2D eigenvalue weighted by atomic mass is 10.1. The lowest BCUT2D eigenvalue weighted by Gasteiger charge is -2.42. The molecule has 0 aliphatic carbocycles. The standard InChI is InChI=1S/C21H20F4N4O4/c1-10-2-5-15(19(24)25)29-9-27(10)21(33)16-18(31)17(30)13(8-28(16)29)20(32)26-7-11-3-4-12(22)6-14(11)23/h3-4,6,8,10,15,19,31H,2,5,7,9H2,1H3,(H,26,32). The molecule has 0 radical (unpaired) electrons. The van der Waals surface area contributed by atoms with E-state index in [2.05, 4.69) is 5.32 Å². The van der Waals surface area contributed by atoms with Gasteiger partial charge in [0.2, 0.25) is 5.43 Å². The topological polar surface area (TPSA) is 94.9 Å². The Hall–Kier alpha value is -3.57. The Kier molecular flexibility index (Phi) is 5.76. The third-order valence-corrected chi connectivity index (χ3v) is 5.99. The quantitative estimate of drug-likeness (QED) is 0.669. The fourth-order valence-corrected chi connectivity index (χ4v) is 4.09. The first-order valence-electron chi connectivity index (χ1n) is 10.2. The van der Waals surface area contributed by atoms with Crippen LogP contribution in [0.3, 0.4) is 0 Å². The van der Waals surface area contributed by atoms with Gasteiger partial charge in [0.25, 0.3) is 18.2 Å². The molecule has 1 aromatic heterocycles. The molecule has 2 unspecified atom stereocenters. The Morgan fingerprint density at radius 1 is 1.24 bits per heavy atom. The Balaban J connectivity index is 1.72. The van der Waals surface area contributed by atoms with Crippen molar-refractivity contribution in [3.8, 4) is 5.75 Å². The first-order valence-corrected chi connectivity index (χ1v) is 10.2. The molecule has 8 nitrogen and oxygen atoms in total. The highest BCUT2D eigenvalue weighted by molar-refractivity contribution is 5.99. The van der Waals surface area contributed by atoms with Gasteiger partial charge in [0, 0.05) is 30.4 Å². The molecule has 0 saturated carbocycles. The third kappa shape index (κ3) is 3.89. The van der Waals surface area contributed by atoms with Gasteiger partial charge in [-0.1, -0.05) is 6.07 Å². The number of pyridine rings is 1. The molecule has 2 aromatic rings. The molecule has 2 amide bonds. The van der Waals surface area contributed by atoms with Gasteiger partial charge in [-0.2, -0.15) is 0 Å². The minimum atomic E-state index is -2.79. The van der Waals surface area contributed by atoms with Gasteiger partial charge in [-0.05, 0) is 25.8 Å². The molecule has 12 heteroatoms. The maximum Gasteiger partial charge on any atom is 0.278 e. The van der Waals surface area contributed by atoms with E-state index >= 15 is 0 Å². The van der Waals surface area contributed by atoms with E-state index < -0.39 is 70.9 Å². The van der Waals surface area contributed by atoms with Crippen LogP contribution in [0, 0.1) is 11.6 Å². The molecular weight excluding hydrogens is 448 g/mol. The van der Waals surface area contributed by atoms with Crippen LogP contribution >= 0.6 is 0 Å². The van der Waals surface area contributed by atoms with Gasteiger partial charge in [-0.15, -0.1) is 0 Å². The number of benzene rings is 1. The van der Waals surface area contributed by atoms with Gasteiger partial charge in [-0.25, -0.2) is 17.6 Å². The molecule has 4 rings (SSSR count). The third-order valence-electron chi connectivity index (χ3n) is 5.99. The summed E-state index contributed by atoms with van der Waals surface area (Å²) in [6.45, 7) is 1.07. The normalized spacial score (nSPS) is 20.0. The van der Waals surface area contributed by atoms with E-state index in [4.69, 9.17) is 0 Å². The molecule has 2 aliphatic heterocycles. The van der Waals surface area contributed by atoms with E-state index in [1.54, 1.807) is 6.92 Å². The van der Waals surface area contributed by atoms with Gasteiger partial charge >= 0.3 is 0 Å². The van der Waals surface area contributed by atoms with Crippen LogP contribution < -0.4 is 15.8 Å². The molecule has 33 heavy (non-hydrogen) atoms. The zero-order valence-electron chi connectivity index (χ0n) is 17.4. The first kappa shape index (κ1) is 22.6. The predicted molar refractivity (Wildman–Crippen MR) is 108 cm³/mol. The Morgan fingerprint density at radius 3 is 2.64 bits per heavy atom. The van der Waals surface area contributed by atoms with E-state index in [1.165, 1.54) is 4.90 Å². The van der Waals surface area contributed by atoms with Gasteiger partial charge in [0.05, 0.1) is 0 Å². The van der Waals surface area contributed by atoms with Crippen molar-refractivity contribution in [2.75, 3.05) is 11.7 Å². The number of aromatic nitrogens is 1. The highest BCUT2D eigenvalue weighted by Gasteiger charge is 2.43. The summed E-state index contributed by atoms with van der Waals surface area (Å²) < 4.78 is 55.4. The van der Waals surface area contributed by atoms with Crippen LogP contribution in [0.25, 0.3) is 0 Å². The van der Waals surface area contributed by atoms with Crippen molar-refractivity contribution < 1.29 is 32.3 Å². The van der Waals surface area contributed by atoms with Gasteiger partial charge in [0.1, 0.15) is 29.9 Å². The highest BCUT2D eigenvalue weighted by atomic mass is 19.3. The maximum absolute atomic E-state index is 13.8. The second-order valence-electron chi connectivity index (χ2n) is 8.02. The van der Waals surface area contributed by atoms with Crippen molar-refractivity contribution in [2.45, 2.75) is 44.8 Å². The average Bonchev–Trinajstić information content (AvgIpc) is 2.91. The number of hydrogen-bond donors (Lipinski definition) is 2. The number of alkyl halides is 2. The van der Waals surface area contributed by atoms with Crippen molar-refractivity contribution in [3.05, 3.63) is 63.1 Å². The number of nitrogens with one attached hydrogen (secondary N) is 1. The molecule has 1 fully saturated rings. The second kappa shape index (κ2) is 8.41. The summed E-state index contributed by atoms with van der Waals surface area (Å²) in [7, 11) is 0. The Labute approximate surface area is 185 Å². The van der Waals surface area contributed by atoms with E-state index in [-0.39, 0.29) is 25.1 Å². The summed E-state index contributed by atoms with van der Waals surface area (Å²) in [6.07, 6.45) is -1.54. The highest BCUT2D eigenvalue weighted by Crippen LogP contribution is 2.30. The van der Waals surface area contributed by atoms with Crippen LogP contribution in [0.1, 0.15) is 46.2 Å². The van der Waals surface area contributed by atoms with Crippen LogP contribution in [0.15, 0.2) is 29.2 Å². The van der Waals surface area contributed by atoms with Gasteiger partial charge in [0.15, 0.2) is 11.4 Å². The molecule has 1 saturated heterocycles. The minimum Gasteiger partial charge on any atom is -0.502 e. The molecule has 176 valence electrons. The fraction of sp³-hybridized carbons (Fsp3) is 0.381. The van der Waals surface area contributed by atoms with Crippen LogP contribution in [-0.2, 0) is 6.54 Å². The Bertz CT molecular complexity index is 1190. The second-order valence-corrected chi connectivity index (χ2v) is 8.02. The van der Waals surface area contributed by atoms with Crippen molar-refractivity contribution >= 4 is 11.8 Å². The summed E-state index contributed by atoms with van der Waals surface area (Å²) in [5.74, 6) is -4.51. The largest absolute Gasteiger partial charge is 0.502 e. The predicted octanol–water partition coefficient (Wildman–Crippen LogP) is 1.93. The number of aromatic hydroxyl groups is 1. The first-order chi connectivity index (χ1) is 15.6. The summed E-state index contributed by atoms with van der Waals surface area (Å²) in [6, 6.07) is 1.01. The molecule has 0 spiro atoms. The van der Waals surface area contributed by atoms with Crippen LogP contribution in [0.5, 0.6) is 5.75 Å². The number of nitrogens with zero attached hydrogens (tertiary/aromatic N) is 3. The smallest absolute Gasteiger partial charge is 0.278 e. The number of halogens is 4. The van der Waals surface area contributed by atoms with Crippen molar-refractivity contribution in [1.82, 2.24) is 14.9 Å². The average molecular weight is 468 g/mol. The zero-order valence-corrected chi connectivity index (χ0v) is 17.4. The molecule has 2 aliphatic rings. The summed E-state index contributed by atoms with van der Waals surface area (Å²) in [4.78, 5) is 39.5. The lowest BCUT2D eigenvalue weighted by molar-refractivity contribution is 0.0579.